The van der Waals surface area contributed by atoms with Crippen LogP contribution in [-0.4, -0.2) is 17.4 Å². The molecule has 1 aromatic rings. The second-order valence-electron chi connectivity index (χ2n) is 3.02. The third-order valence-electron chi connectivity index (χ3n) is 1.80. The molecule has 0 spiro atoms. The van der Waals surface area contributed by atoms with Gasteiger partial charge in [0, 0.05) is 6.42 Å². The molecule has 1 aromatic carbocycles. The minimum absolute atomic E-state index is 0.207. The van der Waals surface area contributed by atoms with Crippen molar-refractivity contribution in [2.24, 2.45) is 0 Å². The summed E-state index contributed by atoms with van der Waals surface area (Å²) in [5.41, 5.74) is 1.18. The van der Waals surface area contributed by atoms with Gasteiger partial charge in [0.15, 0.2) is 0 Å². The largest absolute Gasteiger partial charge is 0.465 e. The number of hydrogen-bond acceptors (Lipinski definition) is 2. The van der Waals surface area contributed by atoms with E-state index in [4.69, 9.17) is 4.74 Å². The zero-order chi connectivity index (χ0) is 10.4. The molecule has 2 nitrogen and oxygen atoms in total. The van der Waals surface area contributed by atoms with Crippen LogP contribution in [0.2, 0.25) is 0 Å². The maximum absolute atomic E-state index is 11.1. The van der Waals surface area contributed by atoms with Gasteiger partial charge in [-0.1, -0.05) is 46.3 Å². The first-order valence-electron chi connectivity index (χ1n) is 4.55. The zero-order valence-electron chi connectivity index (χ0n) is 8.07. The zero-order valence-corrected chi connectivity index (χ0v) is 9.66. The lowest BCUT2D eigenvalue weighted by Crippen LogP contribution is -2.15. The first-order chi connectivity index (χ1) is 6.70. The molecule has 0 bridgehead atoms. The lowest BCUT2D eigenvalue weighted by molar-refractivity contribution is -0.142. The van der Waals surface area contributed by atoms with Crippen molar-refractivity contribution in [3.63, 3.8) is 0 Å². The quantitative estimate of drug-likeness (QED) is 0.612. The van der Waals surface area contributed by atoms with Crippen molar-refractivity contribution in [3.8, 4) is 0 Å². The Morgan fingerprint density at radius 2 is 2.07 bits per heavy atom. The third-order valence-corrected chi connectivity index (χ3v) is 2.18. The molecule has 0 saturated carbocycles. The molecule has 0 aliphatic heterocycles. The lowest BCUT2D eigenvalue weighted by atomic mass is 10.2. The Labute approximate surface area is 92.4 Å². The number of carbonyl (C=O) groups is 1. The van der Waals surface area contributed by atoms with Crippen LogP contribution < -0.4 is 0 Å². The predicted molar refractivity (Wildman–Crippen MR) is 59.5 cm³/mol. The van der Waals surface area contributed by atoms with Crippen LogP contribution in [0.5, 0.6) is 0 Å². The van der Waals surface area contributed by atoms with Crippen molar-refractivity contribution in [1.29, 1.82) is 0 Å². The van der Waals surface area contributed by atoms with Gasteiger partial charge >= 0.3 is 5.97 Å². The number of carbonyl (C=O) groups excluding carboxylic acids is 1. The van der Waals surface area contributed by atoms with E-state index in [-0.39, 0.29) is 10.8 Å². The molecular formula is C11H13BrO2. The lowest BCUT2D eigenvalue weighted by Gasteiger charge is -2.05. The fourth-order valence-corrected chi connectivity index (χ4v) is 1.16. The molecule has 1 atom stereocenters. The summed E-state index contributed by atoms with van der Waals surface area (Å²) in [6, 6.07) is 9.96. The van der Waals surface area contributed by atoms with Crippen LogP contribution in [0, 0.1) is 0 Å². The molecule has 0 radical (unpaired) electrons. The van der Waals surface area contributed by atoms with Crippen LogP contribution >= 0.6 is 15.9 Å². The minimum atomic E-state index is -0.224. The van der Waals surface area contributed by atoms with Gasteiger partial charge in [-0.3, -0.25) is 4.79 Å². The molecule has 0 saturated heterocycles. The fourth-order valence-electron chi connectivity index (χ4n) is 1.03. The maximum atomic E-state index is 11.1. The van der Waals surface area contributed by atoms with E-state index in [1.165, 1.54) is 5.56 Å². The third kappa shape index (κ3) is 3.92. The van der Waals surface area contributed by atoms with Gasteiger partial charge in [0.25, 0.3) is 0 Å². The van der Waals surface area contributed by atoms with Crippen molar-refractivity contribution in [3.05, 3.63) is 35.9 Å². The molecule has 14 heavy (non-hydrogen) atoms. The number of halogens is 1. The summed E-state index contributed by atoms with van der Waals surface area (Å²) in [7, 11) is 0. The Hall–Kier alpha value is -0.830. The highest BCUT2D eigenvalue weighted by Crippen LogP contribution is 2.03. The second-order valence-corrected chi connectivity index (χ2v) is 4.39. The molecule has 1 rings (SSSR count). The average molecular weight is 257 g/mol. The highest BCUT2D eigenvalue weighted by atomic mass is 79.9. The summed E-state index contributed by atoms with van der Waals surface area (Å²) >= 11 is 3.15. The maximum Gasteiger partial charge on any atom is 0.319 e. The predicted octanol–water partition coefficient (Wildman–Crippen LogP) is 2.56. The van der Waals surface area contributed by atoms with E-state index in [2.05, 4.69) is 15.9 Å². The second kappa shape index (κ2) is 5.81. The Balaban J connectivity index is 2.26. The number of hydrogen-bond donors (Lipinski definition) is 0. The molecule has 0 fully saturated rings. The highest BCUT2D eigenvalue weighted by Gasteiger charge is 2.08. The minimum Gasteiger partial charge on any atom is -0.465 e. The van der Waals surface area contributed by atoms with Crippen LogP contribution in [0.4, 0.5) is 0 Å². The van der Waals surface area contributed by atoms with E-state index >= 15 is 0 Å². The Bertz CT molecular complexity index is 283. The van der Waals surface area contributed by atoms with Gasteiger partial charge in [0.05, 0.1) is 6.61 Å². The van der Waals surface area contributed by atoms with Crippen molar-refractivity contribution >= 4 is 21.9 Å². The molecule has 0 heterocycles. The fraction of sp³-hybridized carbons (Fsp3) is 0.364. The monoisotopic (exact) mass is 256 g/mol. The van der Waals surface area contributed by atoms with Crippen molar-refractivity contribution in [2.75, 3.05) is 6.61 Å². The van der Waals surface area contributed by atoms with E-state index in [0.717, 1.165) is 6.42 Å². The highest BCUT2D eigenvalue weighted by molar-refractivity contribution is 9.10. The molecule has 0 amide bonds. The molecule has 0 aliphatic rings. The van der Waals surface area contributed by atoms with Crippen molar-refractivity contribution in [1.82, 2.24) is 0 Å². The molecule has 0 aliphatic carbocycles. The summed E-state index contributed by atoms with van der Waals surface area (Å²) < 4.78 is 5.02. The van der Waals surface area contributed by atoms with Crippen LogP contribution in [-0.2, 0) is 16.0 Å². The smallest absolute Gasteiger partial charge is 0.319 e. The number of ether oxygens (including phenoxy) is 1. The Kier molecular flexibility index (Phi) is 4.66. The van der Waals surface area contributed by atoms with E-state index in [9.17, 15) is 4.79 Å². The van der Waals surface area contributed by atoms with Crippen LogP contribution in [0.25, 0.3) is 0 Å². The van der Waals surface area contributed by atoms with Crippen molar-refractivity contribution in [2.45, 2.75) is 18.2 Å². The molecular weight excluding hydrogens is 244 g/mol. The van der Waals surface area contributed by atoms with Gasteiger partial charge in [0.2, 0.25) is 0 Å². The summed E-state index contributed by atoms with van der Waals surface area (Å²) in [5, 5.41) is 0. The summed E-state index contributed by atoms with van der Waals surface area (Å²) in [6.07, 6.45) is 0.770. The number of benzene rings is 1. The van der Waals surface area contributed by atoms with Crippen molar-refractivity contribution < 1.29 is 9.53 Å². The van der Waals surface area contributed by atoms with Gasteiger partial charge < -0.3 is 4.74 Å². The van der Waals surface area contributed by atoms with E-state index in [1.54, 1.807) is 6.92 Å². The first kappa shape index (κ1) is 11.2. The normalized spacial score (nSPS) is 12.1. The molecule has 3 heteroatoms. The van der Waals surface area contributed by atoms with E-state index in [1.807, 2.05) is 30.3 Å². The summed E-state index contributed by atoms with van der Waals surface area (Å²) in [6.45, 7) is 2.20. The average Bonchev–Trinajstić information content (AvgIpc) is 2.19. The number of esters is 1. The number of rotatable bonds is 4. The van der Waals surface area contributed by atoms with Crippen LogP contribution in [0.15, 0.2) is 30.3 Å². The summed E-state index contributed by atoms with van der Waals surface area (Å²) in [4.78, 5) is 10.8. The van der Waals surface area contributed by atoms with E-state index < -0.39 is 0 Å². The standard InChI is InChI=1S/C11H13BrO2/c1-9(12)11(13)14-8-7-10-5-3-2-4-6-10/h2-6,9H,7-8H2,1H3. The SMILES string of the molecule is CC(Br)C(=O)OCCc1ccccc1. The molecule has 0 N–H and O–H groups in total. The Morgan fingerprint density at radius 3 is 2.64 bits per heavy atom. The first-order valence-corrected chi connectivity index (χ1v) is 5.46. The molecule has 0 aromatic heterocycles. The van der Waals surface area contributed by atoms with Gasteiger partial charge in [-0.25, -0.2) is 0 Å². The topological polar surface area (TPSA) is 26.3 Å². The van der Waals surface area contributed by atoms with Crippen LogP contribution in [0.1, 0.15) is 12.5 Å². The van der Waals surface area contributed by atoms with Gasteiger partial charge in [0.1, 0.15) is 4.83 Å². The van der Waals surface area contributed by atoms with Crippen LogP contribution in [0.3, 0.4) is 0 Å². The number of alkyl halides is 1. The molecule has 1 unspecified atom stereocenters. The summed E-state index contributed by atoms with van der Waals surface area (Å²) in [5.74, 6) is -0.207. The van der Waals surface area contributed by atoms with Gasteiger partial charge in [-0.15, -0.1) is 0 Å². The van der Waals surface area contributed by atoms with Gasteiger partial charge in [-0.2, -0.15) is 0 Å². The van der Waals surface area contributed by atoms with Gasteiger partial charge in [-0.05, 0) is 12.5 Å². The molecule has 76 valence electrons. The van der Waals surface area contributed by atoms with E-state index in [0.29, 0.717) is 6.61 Å². The Morgan fingerprint density at radius 1 is 1.43 bits per heavy atom.